The molecule has 0 radical (unpaired) electrons. The summed E-state index contributed by atoms with van der Waals surface area (Å²) in [4.78, 5) is 12.5. The third kappa shape index (κ3) is 4.37. The van der Waals surface area contributed by atoms with Gasteiger partial charge in [-0.25, -0.2) is 4.98 Å². The number of anilines is 2. The number of hydrogen-bond acceptors (Lipinski definition) is 5. The van der Waals surface area contributed by atoms with Crippen molar-refractivity contribution in [3.8, 4) is 0 Å². The maximum Gasteiger partial charge on any atom is 0.226 e. The average molecular weight is 278 g/mol. The van der Waals surface area contributed by atoms with Gasteiger partial charge in [-0.05, 0) is 18.1 Å². The molecule has 100 valence electrons. The highest BCUT2D eigenvalue weighted by atomic mass is 35.5. The summed E-state index contributed by atoms with van der Waals surface area (Å²) in [6.07, 6.45) is 4.57. The molecule has 0 atom stereocenters. The second-order valence-corrected chi connectivity index (χ2v) is 4.43. The molecule has 0 bridgehead atoms. The third-order valence-corrected chi connectivity index (χ3v) is 2.62. The monoisotopic (exact) mass is 277 g/mol. The Labute approximate surface area is 117 Å². The van der Waals surface area contributed by atoms with Gasteiger partial charge in [0.15, 0.2) is 0 Å². The van der Waals surface area contributed by atoms with Crippen LogP contribution in [0.15, 0.2) is 30.6 Å². The van der Waals surface area contributed by atoms with Crippen molar-refractivity contribution in [1.82, 2.24) is 15.0 Å². The Bertz CT molecular complexity index is 518. The standard InChI is InChI=1S/C13H16ClN5/c1-2-5-16-13-18-11(14)7-12(19-13)17-9-10-4-3-6-15-8-10/h3-4,6-8H,2,5,9H2,1H3,(H2,16,17,18,19). The number of hydrogen-bond donors (Lipinski definition) is 2. The molecule has 19 heavy (non-hydrogen) atoms. The van der Waals surface area contributed by atoms with E-state index in [4.69, 9.17) is 11.6 Å². The summed E-state index contributed by atoms with van der Waals surface area (Å²) < 4.78 is 0. The number of pyridine rings is 1. The van der Waals surface area contributed by atoms with Crippen molar-refractivity contribution in [3.63, 3.8) is 0 Å². The van der Waals surface area contributed by atoms with E-state index in [1.54, 1.807) is 12.3 Å². The number of halogens is 1. The van der Waals surface area contributed by atoms with E-state index in [-0.39, 0.29) is 0 Å². The van der Waals surface area contributed by atoms with Crippen molar-refractivity contribution < 1.29 is 0 Å². The topological polar surface area (TPSA) is 62.7 Å². The zero-order valence-electron chi connectivity index (χ0n) is 10.7. The van der Waals surface area contributed by atoms with Gasteiger partial charge < -0.3 is 10.6 Å². The average Bonchev–Trinajstić information content (AvgIpc) is 2.43. The minimum Gasteiger partial charge on any atom is -0.366 e. The Morgan fingerprint density at radius 3 is 2.89 bits per heavy atom. The lowest BCUT2D eigenvalue weighted by molar-refractivity contribution is 0.950. The van der Waals surface area contributed by atoms with Gasteiger partial charge >= 0.3 is 0 Å². The van der Waals surface area contributed by atoms with Gasteiger partial charge in [-0.3, -0.25) is 4.98 Å². The van der Waals surface area contributed by atoms with Gasteiger partial charge in [0.25, 0.3) is 0 Å². The minimum absolute atomic E-state index is 0.419. The molecule has 2 aromatic heterocycles. The van der Waals surface area contributed by atoms with E-state index >= 15 is 0 Å². The van der Waals surface area contributed by atoms with Gasteiger partial charge in [0.2, 0.25) is 5.95 Å². The molecule has 2 N–H and O–H groups in total. The van der Waals surface area contributed by atoms with Crippen LogP contribution in [0.4, 0.5) is 11.8 Å². The molecule has 2 aromatic rings. The first kappa shape index (κ1) is 13.5. The van der Waals surface area contributed by atoms with Crippen LogP contribution in [-0.2, 0) is 6.54 Å². The summed E-state index contributed by atoms with van der Waals surface area (Å²) in [5.41, 5.74) is 1.08. The van der Waals surface area contributed by atoms with Crippen LogP contribution < -0.4 is 10.6 Å². The second-order valence-electron chi connectivity index (χ2n) is 4.04. The third-order valence-electron chi connectivity index (χ3n) is 2.42. The lowest BCUT2D eigenvalue weighted by atomic mass is 10.3. The molecule has 5 nitrogen and oxygen atoms in total. The second kappa shape index (κ2) is 6.89. The summed E-state index contributed by atoms with van der Waals surface area (Å²) in [6.45, 7) is 3.55. The van der Waals surface area contributed by atoms with Crippen molar-refractivity contribution in [2.75, 3.05) is 17.2 Å². The van der Waals surface area contributed by atoms with Crippen LogP contribution in [0.1, 0.15) is 18.9 Å². The Balaban J connectivity index is 2.01. The van der Waals surface area contributed by atoms with Crippen molar-refractivity contribution in [3.05, 3.63) is 41.3 Å². The lowest BCUT2D eigenvalue weighted by Crippen LogP contribution is -2.07. The molecule has 0 saturated heterocycles. The largest absolute Gasteiger partial charge is 0.366 e. The zero-order valence-corrected chi connectivity index (χ0v) is 11.5. The first-order chi connectivity index (χ1) is 9.28. The molecule has 6 heteroatoms. The van der Waals surface area contributed by atoms with E-state index < -0.39 is 0 Å². The van der Waals surface area contributed by atoms with Crippen LogP contribution in [0.5, 0.6) is 0 Å². The molecule has 2 heterocycles. The fourth-order valence-corrected chi connectivity index (χ4v) is 1.70. The molecule has 0 aliphatic heterocycles. The summed E-state index contributed by atoms with van der Waals surface area (Å²) in [5, 5.41) is 6.74. The first-order valence-electron chi connectivity index (χ1n) is 6.19. The molecule has 0 unspecified atom stereocenters. The van der Waals surface area contributed by atoms with E-state index in [1.165, 1.54) is 0 Å². The van der Waals surface area contributed by atoms with Crippen molar-refractivity contribution >= 4 is 23.4 Å². The molecule has 0 aromatic carbocycles. The van der Waals surface area contributed by atoms with Crippen molar-refractivity contribution in [2.24, 2.45) is 0 Å². The SMILES string of the molecule is CCCNc1nc(Cl)cc(NCc2cccnc2)n1. The van der Waals surface area contributed by atoms with E-state index in [2.05, 4.69) is 32.5 Å². The Morgan fingerprint density at radius 1 is 1.26 bits per heavy atom. The summed E-state index contributed by atoms with van der Waals surface area (Å²) in [7, 11) is 0. The van der Waals surface area contributed by atoms with Crippen LogP contribution in [0.3, 0.4) is 0 Å². The summed E-state index contributed by atoms with van der Waals surface area (Å²) in [5.74, 6) is 1.24. The van der Waals surface area contributed by atoms with Crippen LogP contribution in [0.2, 0.25) is 5.15 Å². The van der Waals surface area contributed by atoms with Gasteiger partial charge in [-0.15, -0.1) is 0 Å². The number of rotatable bonds is 6. The lowest BCUT2D eigenvalue weighted by Gasteiger charge is -2.08. The van der Waals surface area contributed by atoms with Crippen LogP contribution >= 0.6 is 11.6 Å². The van der Waals surface area contributed by atoms with Crippen molar-refractivity contribution in [2.45, 2.75) is 19.9 Å². The normalized spacial score (nSPS) is 10.2. The molecule has 0 fully saturated rings. The number of aromatic nitrogens is 3. The Kier molecular flexibility index (Phi) is 4.92. The first-order valence-corrected chi connectivity index (χ1v) is 6.57. The fraction of sp³-hybridized carbons (Fsp3) is 0.308. The van der Waals surface area contributed by atoms with Crippen molar-refractivity contribution in [1.29, 1.82) is 0 Å². The van der Waals surface area contributed by atoms with E-state index in [1.807, 2.05) is 18.3 Å². The highest BCUT2D eigenvalue weighted by Gasteiger charge is 2.02. The highest BCUT2D eigenvalue weighted by Crippen LogP contribution is 2.15. The van der Waals surface area contributed by atoms with E-state index in [0.717, 1.165) is 18.5 Å². The quantitative estimate of drug-likeness (QED) is 0.795. The van der Waals surface area contributed by atoms with Crippen LogP contribution in [0.25, 0.3) is 0 Å². The summed E-state index contributed by atoms with van der Waals surface area (Å²) in [6, 6.07) is 5.60. The molecular formula is C13H16ClN5. The molecule has 2 rings (SSSR count). The number of nitrogens with one attached hydrogen (secondary N) is 2. The van der Waals surface area contributed by atoms with Crippen LogP contribution in [0, 0.1) is 0 Å². The van der Waals surface area contributed by atoms with Gasteiger partial charge in [0.1, 0.15) is 11.0 Å². The molecule has 0 spiro atoms. The molecular weight excluding hydrogens is 262 g/mol. The zero-order chi connectivity index (χ0) is 13.5. The predicted octanol–water partition coefficient (Wildman–Crippen LogP) is 2.96. The highest BCUT2D eigenvalue weighted by molar-refractivity contribution is 6.29. The fourth-order valence-electron chi connectivity index (χ4n) is 1.52. The van der Waals surface area contributed by atoms with Gasteiger partial charge in [-0.1, -0.05) is 24.6 Å². The molecule has 0 aliphatic rings. The summed E-state index contributed by atoms with van der Waals surface area (Å²) >= 11 is 5.97. The van der Waals surface area contributed by atoms with E-state index in [9.17, 15) is 0 Å². The van der Waals surface area contributed by atoms with Crippen LogP contribution in [-0.4, -0.2) is 21.5 Å². The van der Waals surface area contributed by atoms with Gasteiger partial charge in [0.05, 0.1) is 0 Å². The van der Waals surface area contributed by atoms with E-state index in [0.29, 0.717) is 23.5 Å². The maximum atomic E-state index is 5.97. The van der Waals surface area contributed by atoms with Gasteiger partial charge in [0, 0.05) is 31.5 Å². The predicted molar refractivity (Wildman–Crippen MR) is 77.4 cm³/mol. The smallest absolute Gasteiger partial charge is 0.226 e. The minimum atomic E-state index is 0.419. The maximum absolute atomic E-state index is 5.97. The Morgan fingerprint density at radius 2 is 2.16 bits per heavy atom. The molecule has 0 saturated carbocycles. The Hall–Kier alpha value is -1.88. The molecule has 0 amide bonds. The molecule has 0 aliphatic carbocycles. The van der Waals surface area contributed by atoms with Gasteiger partial charge in [-0.2, -0.15) is 4.98 Å². The number of nitrogens with zero attached hydrogens (tertiary/aromatic N) is 3.